The molecule has 0 aliphatic carbocycles. The number of hydrogen-bond acceptors (Lipinski definition) is 3. The van der Waals surface area contributed by atoms with Crippen LogP contribution in [0.5, 0.6) is 0 Å². The molecule has 3 rings (SSSR count). The van der Waals surface area contributed by atoms with E-state index in [1.54, 1.807) is 6.08 Å². The molecule has 1 aromatic heterocycles. The van der Waals surface area contributed by atoms with Crippen molar-refractivity contribution in [2.24, 2.45) is 0 Å². The van der Waals surface area contributed by atoms with Crippen LogP contribution in [0.15, 0.2) is 35.4 Å². The molecule has 1 amide bonds. The summed E-state index contributed by atoms with van der Waals surface area (Å²) in [6.45, 7) is 0. The number of para-hydroxylation sites is 1. The highest BCUT2D eigenvalue weighted by Crippen LogP contribution is 2.27. The van der Waals surface area contributed by atoms with Crippen molar-refractivity contribution in [3.05, 3.63) is 40.9 Å². The number of nitrogens with one attached hydrogen (secondary N) is 3. The molecular formula is C12H9N3OS. The average molecular weight is 243 g/mol. The van der Waals surface area contributed by atoms with Gasteiger partial charge in [0.25, 0.3) is 5.91 Å². The smallest absolute Gasteiger partial charge is 0.264 e. The zero-order valence-corrected chi connectivity index (χ0v) is 9.60. The molecule has 1 saturated heterocycles. The number of benzene rings is 1. The Bertz CT molecular complexity index is 657. The number of hydrogen-bond donors (Lipinski definition) is 3. The van der Waals surface area contributed by atoms with E-state index in [0.717, 1.165) is 28.2 Å². The van der Waals surface area contributed by atoms with Gasteiger partial charge in [-0.3, -0.25) is 10.2 Å². The van der Waals surface area contributed by atoms with Gasteiger partial charge in [-0.1, -0.05) is 18.2 Å². The average Bonchev–Trinajstić information content (AvgIpc) is 2.85. The molecule has 2 heterocycles. The number of rotatable bonds is 1. The molecule has 0 radical (unpaired) electrons. The second kappa shape index (κ2) is 3.78. The molecule has 1 aliphatic rings. The van der Waals surface area contributed by atoms with Crippen molar-refractivity contribution < 1.29 is 4.79 Å². The molecule has 0 bridgehead atoms. The van der Waals surface area contributed by atoms with Crippen LogP contribution in [-0.2, 0) is 4.79 Å². The van der Waals surface area contributed by atoms with E-state index in [-0.39, 0.29) is 11.1 Å². The Morgan fingerprint density at radius 2 is 2.12 bits per heavy atom. The monoisotopic (exact) mass is 243 g/mol. The summed E-state index contributed by atoms with van der Waals surface area (Å²) in [6.07, 6.45) is 3.67. The largest absolute Gasteiger partial charge is 0.361 e. The van der Waals surface area contributed by atoms with E-state index < -0.39 is 0 Å². The lowest BCUT2D eigenvalue weighted by Gasteiger charge is -1.92. The number of aromatic nitrogens is 1. The maximum Gasteiger partial charge on any atom is 0.264 e. The fraction of sp³-hybridized carbons (Fsp3) is 0. The second-order valence-corrected chi connectivity index (χ2v) is 4.74. The summed E-state index contributed by atoms with van der Waals surface area (Å²) in [5.74, 6) is -0.203. The van der Waals surface area contributed by atoms with Crippen LogP contribution in [0.25, 0.3) is 17.0 Å². The van der Waals surface area contributed by atoms with Crippen LogP contribution in [0.4, 0.5) is 0 Å². The summed E-state index contributed by atoms with van der Waals surface area (Å²) in [5, 5.41) is 11.1. The molecule has 1 aliphatic heterocycles. The standard InChI is InChI=1S/C12H9N3OS/c13-12-15-11(16)10(17-12)5-7-6-14-9-4-2-1-3-8(7)9/h1-6,14H,(H2,13,15,16)/b10-5+. The quantitative estimate of drug-likeness (QED) is 0.673. The number of amides is 1. The predicted molar refractivity (Wildman–Crippen MR) is 69.7 cm³/mol. The van der Waals surface area contributed by atoms with Crippen LogP contribution < -0.4 is 5.32 Å². The summed E-state index contributed by atoms with van der Waals surface area (Å²) >= 11 is 1.15. The van der Waals surface area contributed by atoms with Crippen molar-refractivity contribution in [1.29, 1.82) is 5.41 Å². The van der Waals surface area contributed by atoms with Crippen LogP contribution in [0.2, 0.25) is 0 Å². The van der Waals surface area contributed by atoms with E-state index in [9.17, 15) is 4.79 Å². The van der Waals surface area contributed by atoms with Gasteiger partial charge in [0.15, 0.2) is 5.17 Å². The number of H-pyrrole nitrogens is 1. The third-order valence-electron chi connectivity index (χ3n) is 2.57. The number of fused-ring (bicyclic) bond motifs is 1. The van der Waals surface area contributed by atoms with E-state index >= 15 is 0 Å². The first-order valence-electron chi connectivity index (χ1n) is 5.09. The van der Waals surface area contributed by atoms with E-state index in [0.29, 0.717) is 4.91 Å². The molecule has 2 aromatic rings. The van der Waals surface area contributed by atoms with E-state index in [2.05, 4.69) is 10.3 Å². The first kappa shape index (κ1) is 10.2. The zero-order chi connectivity index (χ0) is 11.8. The second-order valence-electron chi connectivity index (χ2n) is 3.68. The SMILES string of the molecule is N=C1NC(=O)/C(=C\c2c[nH]c3ccccc23)S1. The van der Waals surface area contributed by atoms with Gasteiger partial charge in [0.2, 0.25) is 0 Å². The molecule has 0 atom stereocenters. The molecule has 17 heavy (non-hydrogen) atoms. The molecule has 1 aromatic carbocycles. The van der Waals surface area contributed by atoms with Crippen LogP contribution in [0.1, 0.15) is 5.56 Å². The van der Waals surface area contributed by atoms with Gasteiger partial charge in [-0.05, 0) is 23.9 Å². The lowest BCUT2D eigenvalue weighted by molar-refractivity contribution is -0.115. The predicted octanol–water partition coefficient (Wildman–Crippen LogP) is 2.31. The number of thioether (sulfide) groups is 1. The topological polar surface area (TPSA) is 68.7 Å². The fourth-order valence-electron chi connectivity index (χ4n) is 1.80. The lowest BCUT2D eigenvalue weighted by Crippen LogP contribution is -2.18. The summed E-state index contributed by atoms with van der Waals surface area (Å²) < 4.78 is 0. The Morgan fingerprint density at radius 1 is 1.29 bits per heavy atom. The Morgan fingerprint density at radius 3 is 2.88 bits per heavy atom. The van der Waals surface area contributed by atoms with Crippen molar-refractivity contribution in [3.8, 4) is 0 Å². The highest BCUT2D eigenvalue weighted by atomic mass is 32.2. The molecule has 1 fully saturated rings. The van der Waals surface area contributed by atoms with Gasteiger partial charge in [0.1, 0.15) is 0 Å². The Labute approximate surface area is 102 Å². The van der Waals surface area contributed by atoms with Gasteiger partial charge in [0.05, 0.1) is 4.91 Å². The van der Waals surface area contributed by atoms with Crippen molar-refractivity contribution >= 4 is 39.8 Å². The molecule has 0 spiro atoms. The fourth-order valence-corrected chi connectivity index (χ4v) is 2.49. The van der Waals surface area contributed by atoms with Crippen molar-refractivity contribution in [2.45, 2.75) is 0 Å². The molecule has 0 unspecified atom stereocenters. The van der Waals surface area contributed by atoms with Gasteiger partial charge in [0, 0.05) is 22.7 Å². The highest BCUT2D eigenvalue weighted by Gasteiger charge is 2.22. The lowest BCUT2D eigenvalue weighted by atomic mass is 10.1. The Hall–Kier alpha value is -2.01. The van der Waals surface area contributed by atoms with Gasteiger partial charge in [-0.15, -0.1) is 0 Å². The first-order valence-corrected chi connectivity index (χ1v) is 5.91. The maximum absolute atomic E-state index is 11.5. The van der Waals surface area contributed by atoms with Crippen molar-refractivity contribution in [3.63, 3.8) is 0 Å². The number of aromatic amines is 1. The van der Waals surface area contributed by atoms with Gasteiger partial charge in [-0.2, -0.15) is 0 Å². The zero-order valence-electron chi connectivity index (χ0n) is 8.78. The number of carbonyl (C=O) groups is 1. The maximum atomic E-state index is 11.5. The number of amidine groups is 1. The normalized spacial score (nSPS) is 18.0. The Balaban J connectivity index is 2.08. The van der Waals surface area contributed by atoms with Crippen LogP contribution in [-0.4, -0.2) is 16.1 Å². The van der Waals surface area contributed by atoms with Gasteiger partial charge in [-0.25, -0.2) is 0 Å². The van der Waals surface area contributed by atoms with Crippen molar-refractivity contribution in [1.82, 2.24) is 10.3 Å². The van der Waals surface area contributed by atoms with Crippen LogP contribution in [0, 0.1) is 5.41 Å². The number of carbonyl (C=O) groups excluding carboxylic acids is 1. The molecule has 0 saturated carbocycles. The minimum Gasteiger partial charge on any atom is -0.361 e. The molecule has 4 nitrogen and oxygen atoms in total. The molecule has 3 N–H and O–H groups in total. The van der Waals surface area contributed by atoms with E-state index in [1.807, 2.05) is 30.5 Å². The summed E-state index contributed by atoms with van der Waals surface area (Å²) in [4.78, 5) is 15.2. The van der Waals surface area contributed by atoms with E-state index in [4.69, 9.17) is 5.41 Å². The van der Waals surface area contributed by atoms with Gasteiger partial charge >= 0.3 is 0 Å². The Kier molecular flexibility index (Phi) is 2.26. The van der Waals surface area contributed by atoms with Crippen LogP contribution in [0.3, 0.4) is 0 Å². The molecule has 84 valence electrons. The minimum atomic E-state index is -0.203. The first-order chi connectivity index (χ1) is 8.24. The van der Waals surface area contributed by atoms with E-state index in [1.165, 1.54) is 0 Å². The minimum absolute atomic E-state index is 0.182. The van der Waals surface area contributed by atoms with Crippen molar-refractivity contribution in [2.75, 3.05) is 0 Å². The summed E-state index contributed by atoms with van der Waals surface area (Å²) in [7, 11) is 0. The van der Waals surface area contributed by atoms with Gasteiger partial charge < -0.3 is 10.3 Å². The molecule has 5 heteroatoms. The summed E-state index contributed by atoms with van der Waals surface area (Å²) in [5.41, 5.74) is 2.01. The third-order valence-corrected chi connectivity index (χ3v) is 3.40. The summed E-state index contributed by atoms with van der Waals surface area (Å²) in [6, 6.07) is 7.91. The third kappa shape index (κ3) is 1.74. The van der Waals surface area contributed by atoms with Crippen LogP contribution >= 0.6 is 11.8 Å². The highest BCUT2D eigenvalue weighted by molar-refractivity contribution is 8.18. The molecular weight excluding hydrogens is 234 g/mol.